The number of nitrogens with zero attached hydrogens (tertiary/aromatic N) is 3. The molecular weight excluding hydrogens is 337 g/mol. The van der Waals surface area contributed by atoms with Gasteiger partial charge in [0.2, 0.25) is 0 Å². The average Bonchev–Trinajstić information content (AvgIpc) is 2.86. The Balaban J connectivity index is 1.53. The molecule has 2 aliphatic rings. The number of aliphatic hydroxyl groups is 1. The van der Waals surface area contributed by atoms with Crippen molar-refractivity contribution in [3.8, 4) is 0 Å². The van der Waals surface area contributed by atoms with Gasteiger partial charge in [-0.2, -0.15) is 0 Å². The molecule has 2 atom stereocenters. The largest absolute Gasteiger partial charge is 0.385 e. The Hall–Kier alpha value is -1.50. The van der Waals surface area contributed by atoms with Crippen LogP contribution in [0.4, 0.5) is 4.39 Å². The van der Waals surface area contributed by atoms with Gasteiger partial charge in [-0.15, -0.1) is 0 Å². The van der Waals surface area contributed by atoms with Crippen molar-refractivity contribution in [2.24, 2.45) is 0 Å². The maximum Gasteiger partial charge on any atom is 0.187 e. The van der Waals surface area contributed by atoms with Gasteiger partial charge >= 0.3 is 0 Å². The number of piperidine rings is 1. The SMILES string of the molecule is CSc1ncc(CN2C3CCC2CC(O)(c2ccccc2F)C3)cn1. The van der Waals surface area contributed by atoms with Crippen molar-refractivity contribution < 1.29 is 9.50 Å². The minimum atomic E-state index is -1.06. The number of hydrogen-bond donors (Lipinski definition) is 1. The second-order valence-corrected chi connectivity index (χ2v) is 7.83. The van der Waals surface area contributed by atoms with Crippen LogP contribution in [0, 0.1) is 5.82 Å². The highest BCUT2D eigenvalue weighted by molar-refractivity contribution is 7.98. The number of hydrogen-bond acceptors (Lipinski definition) is 5. The first-order valence-electron chi connectivity index (χ1n) is 8.67. The molecule has 6 heteroatoms. The summed E-state index contributed by atoms with van der Waals surface area (Å²) in [5.74, 6) is -0.307. The lowest BCUT2D eigenvalue weighted by atomic mass is 9.80. The summed E-state index contributed by atoms with van der Waals surface area (Å²) in [7, 11) is 0. The molecule has 2 fully saturated rings. The van der Waals surface area contributed by atoms with E-state index in [-0.39, 0.29) is 17.9 Å². The molecule has 132 valence electrons. The molecule has 1 N–H and O–H groups in total. The predicted octanol–water partition coefficient (Wildman–Crippen LogP) is 3.35. The molecule has 2 aliphatic heterocycles. The molecule has 2 aromatic rings. The van der Waals surface area contributed by atoms with E-state index in [2.05, 4.69) is 14.9 Å². The molecule has 25 heavy (non-hydrogen) atoms. The monoisotopic (exact) mass is 359 g/mol. The van der Waals surface area contributed by atoms with Crippen LogP contribution in [0.15, 0.2) is 41.8 Å². The zero-order valence-electron chi connectivity index (χ0n) is 14.2. The summed E-state index contributed by atoms with van der Waals surface area (Å²) >= 11 is 1.53. The Kier molecular flexibility index (Phi) is 4.52. The molecule has 4 rings (SSSR count). The van der Waals surface area contributed by atoms with Gasteiger partial charge in [-0.25, -0.2) is 14.4 Å². The van der Waals surface area contributed by atoms with E-state index in [9.17, 15) is 9.50 Å². The van der Waals surface area contributed by atoms with Crippen molar-refractivity contribution in [2.45, 2.75) is 55.1 Å². The molecule has 0 spiro atoms. The van der Waals surface area contributed by atoms with Crippen molar-refractivity contribution in [2.75, 3.05) is 6.26 Å². The number of benzene rings is 1. The van der Waals surface area contributed by atoms with E-state index in [1.807, 2.05) is 18.6 Å². The lowest BCUT2D eigenvalue weighted by Gasteiger charge is -2.44. The first kappa shape index (κ1) is 16.9. The Bertz CT molecular complexity index is 741. The number of halogens is 1. The van der Waals surface area contributed by atoms with Gasteiger partial charge in [0, 0.05) is 42.1 Å². The highest BCUT2D eigenvalue weighted by Crippen LogP contribution is 2.46. The van der Waals surface area contributed by atoms with Crippen LogP contribution in [0.2, 0.25) is 0 Å². The van der Waals surface area contributed by atoms with Crippen LogP contribution in [-0.2, 0) is 12.1 Å². The Morgan fingerprint density at radius 3 is 2.44 bits per heavy atom. The topological polar surface area (TPSA) is 49.2 Å². The predicted molar refractivity (Wildman–Crippen MR) is 95.7 cm³/mol. The van der Waals surface area contributed by atoms with Crippen LogP contribution < -0.4 is 0 Å². The molecular formula is C19H22FN3OS. The molecule has 2 saturated heterocycles. The highest BCUT2D eigenvalue weighted by Gasteiger charge is 2.48. The second-order valence-electron chi connectivity index (χ2n) is 7.06. The van der Waals surface area contributed by atoms with Gasteiger partial charge in [-0.05, 0) is 38.0 Å². The lowest BCUT2D eigenvalue weighted by molar-refractivity contribution is -0.0616. The minimum Gasteiger partial charge on any atom is -0.385 e. The Morgan fingerprint density at radius 1 is 1.20 bits per heavy atom. The fourth-order valence-corrected chi connectivity index (χ4v) is 4.69. The second kappa shape index (κ2) is 6.67. The Labute approximate surface area is 151 Å². The van der Waals surface area contributed by atoms with E-state index >= 15 is 0 Å². The molecule has 1 aromatic carbocycles. The van der Waals surface area contributed by atoms with E-state index in [4.69, 9.17) is 0 Å². The standard InChI is InChI=1S/C19H22FN3OS/c1-25-18-21-10-13(11-22-18)12-23-14-6-7-15(23)9-19(24,8-14)16-4-2-3-5-17(16)20/h2-5,10-11,14-15,24H,6-9,12H2,1H3. The molecule has 0 aliphatic carbocycles. The quantitative estimate of drug-likeness (QED) is 0.670. The summed E-state index contributed by atoms with van der Waals surface area (Å²) in [6.45, 7) is 0.789. The molecule has 2 bridgehead atoms. The smallest absolute Gasteiger partial charge is 0.187 e. The summed E-state index contributed by atoms with van der Waals surface area (Å²) in [5.41, 5.74) is 0.470. The first-order chi connectivity index (χ1) is 12.1. The van der Waals surface area contributed by atoms with E-state index in [1.165, 1.54) is 17.8 Å². The van der Waals surface area contributed by atoms with Gasteiger partial charge in [-0.3, -0.25) is 4.90 Å². The van der Waals surface area contributed by atoms with Crippen LogP contribution >= 0.6 is 11.8 Å². The molecule has 0 saturated carbocycles. The van der Waals surface area contributed by atoms with Crippen molar-refractivity contribution >= 4 is 11.8 Å². The van der Waals surface area contributed by atoms with Crippen LogP contribution in [-0.4, -0.2) is 38.3 Å². The van der Waals surface area contributed by atoms with Crippen LogP contribution in [0.25, 0.3) is 0 Å². The minimum absolute atomic E-state index is 0.267. The third kappa shape index (κ3) is 3.18. The van der Waals surface area contributed by atoms with Gasteiger partial charge in [0.05, 0.1) is 5.60 Å². The third-order valence-electron chi connectivity index (χ3n) is 5.52. The fraction of sp³-hybridized carbons (Fsp3) is 0.474. The molecule has 0 radical (unpaired) electrons. The van der Waals surface area contributed by atoms with Gasteiger partial charge in [-0.1, -0.05) is 30.0 Å². The maximum absolute atomic E-state index is 14.2. The lowest BCUT2D eigenvalue weighted by Crippen LogP contribution is -2.49. The highest BCUT2D eigenvalue weighted by atomic mass is 32.2. The summed E-state index contributed by atoms with van der Waals surface area (Å²) in [6, 6.07) is 7.16. The Morgan fingerprint density at radius 2 is 1.84 bits per heavy atom. The van der Waals surface area contributed by atoms with Crippen molar-refractivity contribution in [1.82, 2.24) is 14.9 Å². The van der Waals surface area contributed by atoms with Crippen molar-refractivity contribution in [1.29, 1.82) is 0 Å². The number of thioether (sulfide) groups is 1. The van der Waals surface area contributed by atoms with Gasteiger partial charge in [0.25, 0.3) is 0 Å². The molecule has 4 nitrogen and oxygen atoms in total. The van der Waals surface area contributed by atoms with Crippen molar-refractivity contribution in [3.63, 3.8) is 0 Å². The summed E-state index contributed by atoms with van der Waals surface area (Å²) in [6.07, 6.45) is 8.98. The van der Waals surface area contributed by atoms with Crippen LogP contribution in [0.5, 0.6) is 0 Å². The average molecular weight is 359 g/mol. The third-order valence-corrected chi connectivity index (χ3v) is 6.10. The van der Waals surface area contributed by atoms with Crippen LogP contribution in [0.1, 0.15) is 36.8 Å². The van der Waals surface area contributed by atoms with E-state index < -0.39 is 5.60 Å². The zero-order chi connectivity index (χ0) is 17.4. The summed E-state index contributed by atoms with van der Waals surface area (Å²) < 4.78 is 14.2. The van der Waals surface area contributed by atoms with E-state index in [1.54, 1.807) is 18.2 Å². The summed E-state index contributed by atoms with van der Waals surface area (Å²) in [4.78, 5) is 11.1. The molecule has 0 amide bonds. The maximum atomic E-state index is 14.2. The van der Waals surface area contributed by atoms with Gasteiger partial charge in [0.15, 0.2) is 5.16 Å². The fourth-order valence-electron chi connectivity index (χ4n) is 4.37. The van der Waals surface area contributed by atoms with E-state index in [0.29, 0.717) is 18.4 Å². The van der Waals surface area contributed by atoms with E-state index in [0.717, 1.165) is 30.1 Å². The number of aromatic nitrogens is 2. The van der Waals surface area contributed by atoms with Gasteiger partial charge in [0.1, 0.15) is 5.82 Å². The van der Waals surface area contributed by atoms with Gasteiger partial charge < -0.3 is 5.11 Å². The normalized spacial score (nSPS) is 29.1. The molecule has 3 heterocycles. The summed E-state index contributed by atoms with van der Waals surface area (Å²) in [5, 5.41) is 11.9. The molecule has 2 unspecified atom stereocenters. The first-order valence-corrected chi connectivity index (χ1v) is 9.89. The number of rotatable bonds is 4. The molecule has 1 aromatic heterocycles. The van der Waals surface area contributed by atoms with Crippen molar-refractivity contribution in [3.05, 3.63) is 53.6 Å². The van der Waals surface area contributed by atoms with Crippen LogP contribution in [0.3, 0.4) is 0 Å². The number of fused-ring (bicyclic) bond motifs is 2. The zero-order valence-corrected chi connectivity index (χ0v) is 15.0.